The molecule has 0 rings (SSSR count). The second-order valence-electron chi connectivity index (χ2n) is 16.5. The van der Waals surface area contributed by atoms with Gasteiger partial charge in [0.15, 0.2) is 6.10 Å². The fourth-order valence-electron chi connectivity index (χ4n) is 6.40. The van der Waals surface area contributed by atoms with Gasteiger partial charge < -0.3 is 18.9 Å². The molecule has 316 valence electrons. The van der Waals surface area contributed by atoms with E-state index in [4.69, 9.17) is 18.5 Å². The van der Waals surface area contributed by atoms with Gasteiger partial charge in [-0.05, 0) is 25.3 Å². The van der Waals surface area contributed by atoms with Crippen molar-refractivity contribution in [2.24, 2.45) is 0 Å². The number of hydrogen-bond acceptors (Lipinski definition) is 6. The molecule has 0 saturated carbocycles. The summed E-state index contributed by atoms with van der Waals surface area (Å²) in [6, 6.07) is 0. The fraction of sp³-hybridized carbons (Fsp3) is 0.932. The first-order chi connectivity index (χ1) is 25.6. The zero-order valence-corrected chi connectivity index (χ0v) is 36.7. The van der Waals surface area contributed by atoms with E-state index < -0.39 is 13.9 Å². The number of carbonyl (C=O) groups is 1. The molecule has 0 aromatic heterocycles. The number of rotatable bonds is 42. The summed E-state index contributed by atoms with van der Waals surface area (Å²) >= 11 is 0. The third-order valence-electron chi connectivity index (χ3n) is 9.92. The summed E-state index contributed by atoms with van der Waals surface area (Å²) in [5.74, 6) is -0.332. The Hall–Kier alpha value is -0.920. The van der Waals surface area contributed by atoms with Gasteiger partial charge in [-0.3, -0.25) is 13.8 Å². The van der Waals surface area contributed by atoms with Gasteiger partial charge in [-0.1, -0.05) is 187 Å². The van der Waals surface area contributed by atoms with Crippen LogP contribution in [-0.2, 0) is 27.9 Å². The van der Waals surface area contributed by atoms with Crippen LogP contribution >= 0.6 is 7.82 Å². The lowest BCUT2D eigenvalue weighted by Gasteiger charge is -2.24. The summed E-state index contributed by atoms with van der Waals surface area (Å²) in [7, 11) is 1.65. The Balaban J connectivity index is 4.22. The first-order valence-corrected chi connectivity index (χ1v) is 24.0. The van der Waals surface area contributed by atoms with E-state index in [0.717, 1.165) is 32.1 Å². The molecular weight excluding hydrogens is 685 g/mol. The Morgan fingerprint density at radius 1 is 0.585 bits per heavy atom. The molecule has 0 heterocycles. The van der Waals surface area contributed by atoms with Crippen LogP contribution in [0.25, 0.3) is 0 Å². The smallest absolute Gasteiger partial charge is 0.472 e. The molecule has 0 fully saturated rings. The van der Waals surface area contributed by atoms with Gasteiger partial charge in [0.25, 0.3) is 0 Å². The second kappa shape index (κ2) is 38.0. The zero-order chi connectivity index (χ0) is 39.1. The van der Waals surface area contributed by atoms with Gasteiger partial charge in [0.1, 0.15) is 19.8 Å². The van der Waals surface area contributed by atoms with E-state index in [1.54, 1.807) is 6.26 Å². The average molecular weight is 775 g/mol. The lowest BCUT2D eigenvalue weighted by Crippen LogP contribution is -2.37. The number of nitrogens with zero attached hydrogens (tertiary/aromatic N) is 1. The normalized spacial score (nSPS) is 13.8. The number of phosphoric ester groups is 1. The Morgan fingerprint density at radius 2 is 0.981 bits per heavy atom. The number of phosphoric acid groups is 1. The van der Waals surface area contributed by atoms with Crippen LogP contribution in [-0.4, -0.2) is 69.0 Å². The van der Waals surface area contributed by atoms with Crippen molar-refractivity contribution in [3.8, 4) is 0 Å². The molecule has 0 spiro atoms. The highest BCUT2D eigenvalue weighted by Gasteiger charge is 2.26. The summed E-state index contributed by atoms with van der Waals surface area (Å²) in [6.07, 6.45) is 41.9. The van der Waals surface area contributed by atoms with E-state index in [0.29, 0.717) is 17.4 Å². The van der Waals surface area contributed by atoms with E-state index in [2.05, 4.69) is 13.8 Å². The zero-order valence-electron chi connectivity index (χ0n) is 35.8. The summed E-state index contributed by atoms with van der Waals surface area (Å²) in [5.41, 5.74) is 0. The molecule has 0 saturated heterocycles. The van der Waals surface area contributed by atoms with Crippen LogP contribution in [0.4, 0.5) is 0 Å². The number of quaternary nitrogens is 1. The maximum atomic E-state index is 12.7. The standard InChI is InChI=1S/C44H88NO7P/c1-6-8-10-12-14-16-18-20-21-22-23-24-26-28-30-32-34-36-39-49-41-43(42-51-53(47,48)50-40-38-45(3,4)5)52-44(46)37-35-33-31-29-27-25-19-17-15-13-11-9-7-2/h36,39,43H,6-35,37-38,40-42H2,1-5H3/p+1/b39-36+/t43-/m1/s1. The summed E-state index contributed by atoms with van der Waals surface area (Å²) in [6.45, 7) is 4.96. The predicted molar refractivity (Wildman–Crippen MR) is 224 cm³/mol. The van der Waals surface area contributed by atoms with Crippen LogP contribution in [0.3, 0.4) is 0 Å². The molecule has 8 nitrogen and oxygen atoms in total. The average Bonchev–Trinajstić information content (AvgIpc) is 3.11. The Bertz CT molecular complexity index is 863. The van der Waals surface area contributed by atoms with Crippen molar-refractivity contribution in [2.75, 3.05) is 47.5 Å². The molecule has 0 aliphatic carbocycles. The van der Waals surface area contributed by atoms with Gasteiger partial charge in [-0.15, -0.1) is 0 Å². The molecule has 9 heteroatoms. The van der Waals surface area contributed by atoms with Crippen molar-refractivity contribution >= 4 is 13.8 Å². The molecule has 1 N–H and O–H groups in total. The number of hydrogen-bond donors (Lipinski definition) is 1. The van der Waals surface area contributed by atoms with Crippen LogP contribution < -0.4 is 0 Å². The number of esters is 1. The van der Waals surface area contributed by atoms with Crippen LogP contribution in [0.2, 0.25) is 0 Å². The summed E-state index contributed by atoms with van der Waals surface area (Å²) in [4.78, 5) is 22.8. The molecule has 0 aromatic carbocycles. The summed E-state index contributed by atoms with van der Waals surface area (Å²) < 4.78 is 34.8. The summed E-state index contributed by atoms with van der Waals surface area (Å²) in [5, 5.41) is 0. The molecular formula is C44H89NO7P+. The topological polar surface area (TPSA) is 91.3 Å². The second-order valence-corrected chi connectivity index (χ2v) is 18.0. The number of allylic oxidation sites excluding steroid dienone is 1. The van der Waals surface area contributed by atoms with Crippen LogP contribution in [0.5, 0.6) is 0 Å². The van der Waals surface area contributed by atoms with Crippen molar-refractivity contribution in [3.05, 3.63) is 12.3 Å². The monoisotopic (exact) mass is 775 g/mol. The van der Waals surface area contributed by atoms with Crippen molar-refractivity contribution in [1.82, 2.24) is 0 Å². The highest BCUT2D eigenvalue weighted by atomic mass is 31.2. The first-order valence-electron chi connectivity index (χ1n) is 22.5. The van der Waals surface area contributed by atoms with Gasteiger partial charge in [0.05, 0.1) is 34.0 Å². The molecule has 2 atom stereocenters. The fourth-order valence-corrected chi connectivity index (χ4v) is 7.14. The van der Waals surface area contributed by atoms with Crippen LogP contribution in [0.1, 0.15) is 213 Å². The van der Waals surface area contributed by atoms with Crippen LogP contribution in [0, 0.1) is 0 Å². The molecule has 0 aliphatic heterocycles. The minimum Gasteiger partial charge on any atom is -0.498 e. The van der Waals surface area contributed by atoms with Crippen molar-refractivity contribution < 1.29 is 37.3 Å². The number of unbranched alkanes of at least 4 members (excludes halogenated alkanes) is 28. The molecule has 0 aromatic rings. The van der Waals surface area contributed by atoms with E-state index >= 15 is 0 Å². The van der Waals surface area contributed by atoms with E-state index in [1.165, 1.54) is 161 Å². The lowest BCUT2D eigenvalue weighted by atomic mass is 10.0. The third kappa shape index (κ3) is 42.1. The van der Waals surface area contributed by atoms with Crippen molar-refractivity contribution in [3.63, 3.8) is 0 Å². The Morgan fingerprint density at radius 3 is 1.40 bits per heavy atom. The minimum absolute atomic E-state index is 0.0542. The van der Waals surface area contributed by atoms with Gasteiger partial charge >= 0.3 is 13.8 Å². The predicted octanol–water partition coefficient (Wildman–Crippen LogP) is 13.4. The molecule has 0 aliphatic rings. The maximum Gasteiger partial charge on any atom is 0.472 e. The molecule has 0 amide bonds. The number of carbonyl (C=O) groups excluding carboxylic acids is 1. The molecule has 0 radical (unpaired) electrons. The van der Waals surface area contributed by atoms with E-state index in [9.17, 15) is 14.3 Å². The Labute approximate surface area is 329 Å². The molecule has 1 unspecified atom stereocenters. The molecule has 0 bridgehead atoms. The lowest BCUT2D eigenvalue weighted by molar-refractivity contribution is -0.870. The van der Waals surface area contributed by atoms with Crippen molar-refractivity contribution in [1.29, 1.82) is 0 Å². The van der Waals surface area contributed by atoms with Gasteiger partial charge in [0, 0.05) is 6.42 Å². The number of ether oxygens (including phenoxy) is 2. The van der Waals surface area contributed by atoms with E-state index in [1.807, 2.05) is 27.2 Å². The quantitative estimate of drug-likeness (QED) is 0.0217. The van der Waals surface area contributed by atoms with Crippen LogP contribution in [0.15, 0.2) is 12.3 Å². The Kier molecular flexibility index (Phi) is 37.3. The highest BCUT2D eigenvalue weighted by Crippen LogP contribution is 2.43. The molecule has 53 heavy (non-hydrogen) atoms. The SMILES string of the molecule is CCCCCCCCCCCCCCCCCC/C=C/OC[C@H](COP(=O)(O)OCC[N+](C)(C)C)OC(=O)CCCCCCCCCCCCCCC. The number of likely N-dealkylation sites (N-methyl/N-ethyl adjacent to an activating group) is 1. The van der Waals surface area contributed by atoms with Gasteiger partial charge in [-0.2, -0.15) is 0 Å². The van der Waals surface area contributed by atoms with Gasteiger partial charge in [0.2, 0.25) is 0 Å². The first kappa shape index (κ1) is 52.1. The maximum absolute atomic E-state index is 12.7. The van der Waals surface area contributed by atoms with E-state index in [-0.39, 0.29) is 25.8 Å². The van der Waals surface area contributed by atoms with Crippen molar-refractivity contribution in [2.45, 2.75) is 219 Å². The largest absolute Gasteiger partial charge is 0.498 e. The minimum atomic E-state index is -4.28. The third-order valence-corrected chi connectivity index (χ3v) is 10.9. The highest BCUT2D eigenvalue weighted by molar-refractivity contribution is 7.47. The van der Waals surface area contributed by atoms with Gasteiger partial charge in [-0.25, -0.2) is 4.57 Å².